The standard InChI is InChI=1S/C28H29N5O3S3/c1-4-32(5-2)39(34,35)22-15-16-24-23(17-22)31-28(33(24)25-13-9-10-14-26(25)36-3)38-19-21-18-37-27(30-21)29-20-11-7-6-8-12-20/h6-18H,4-5,19H2,1-3H3,(H,29,30). The number of fused-ring (bicyclic) bond motifs is 1. The Bertz CT molecular complexity index is 1680. The lowest BCUT2D eigenvalue weighted by molar-refractivity contribution is 0.412. The van der Waals surface area contributed by atoms with Crippen molar-refractivity contribution in [2.24, 2.45) is 0 Å². The van der Waals surface area contributed by atoms with Crippen molar-refractivity contribution in [3.63, 3.8) is 0 Å². The van der Waals surface area contributed by atoms with E-state index in [1.807, 2.05) is 84.5 Å². The molecule has 1 N–H and O–H groups in total. The summed E-state index contributed by atoms with van der Waals surface area (Å²) in [6.07, 6.45) is 0. The highest BCUT2D eigenvalue weighted by Gasteiger charge is 2.24. The van der Waals surface area contributed by atoms with Gasteiger partial charge in [0.2, 0.25) is 10.0 Å². The summed E-state index contributed by atoms with van der Waals surface area (Å²) in [5.41, 5.74) is 4.13. The lowest BCUT2D eigenvalue weighted by atomic mass is 10.2. The predicted molar refractivity (Wildman–Crippen MR) is 159 cm³/mol. The molecule has 0 atom stereocenters. The first-order valence-electron chi connectivity index (χ1n) is 12.5. The predicted octanol–water partition coefficient (Wildman–Crippen LogP) is 6.56. The minimum atomic E-state index is -3.62. The summed E-state index contributed by atoms with van der Waals surface area (Å²) in [4.78, 5) is 9.85. The second-order valence-electron chi connectivity index (χ2n) is 8.57. The summed E-state index contributed by atoms with van der Waals surface area (Å²) in [5.74, 6) is 1.29. The maximum absolute atomic E-state index is 13.2. The molecular formula is C28H29N5O3S3. The highest BCUT2D eigenvalue weighted by Crippen LogP contribution is 2.35. The van der Waals surface area contributed by atoms with Gasteiger partial charge in [-0.15, -0.1) is 11.3 Å². The number of ether oxygens (including phenoxy) is 1. The number of nitrogens with zero attached hydrogens (tertiary/aromatic N) is 4. The Morgan fingerprint density at radius 2 is 1.74 bits per heavy atom. The van der Waals surface area contributed by atoms with Crippen LogP contribution in [0.3, 0.4) is 0 Å². The van der Waals surface area contributed by atoms with Crippen LogP contribution in [0.2, 0.25) is 0 Å². The van der Waals surface area contributed by atoms with E-state index in [1.54, 1.807) is 42.3 Å². The zero-order chi connectivity index (χ0) is 27.4. The molecule has 202 valence electrons. The van der Waals surface area contributed by atoms with Crippen molar-refractivity contribution >= 4 is 55.0 Å². The van der Waals surface area contributed by atoms with Gasteiger partial charge in [0, 0.05) is 29.9 Å². The van der Waals surface area contributed by atoms with Gasteiger partial charge in [-0.1, -0.05) is 55.9 Å². The molecule has 5 rings (SSSR count). The zero-order valence-electron chi connectivity index (χ0n) is 21.9. The van der Waals surface area contributed by atoms with Crippen LogP contribution in [0.5, 0.6) is 5.75 Å². The van der Waals surface area contributed by atoms with Gasteiger partial charge >= 0.3 is 0 Å². The fourth-order valence-corrected chi connectivity index (χ4v) is 7.50. The average molecular weight is 580 g/mol. The maximum Gasteiger partial charge on any atom is 0.243 e. The van der Waals surface area contributed by atoms with Crippen molar-refractivity contribution in [1.29, 1.82) is 0 Å². The SMILES string of the molecule is CCN(CC)S(=O)(=O)c1ccc2c(c1)nc(SCc1csc(Nc3ccccc3)n1)n2-c1ccccc1OC. The second kappa shape index (κ2) is 11.8. The Balaban J connectivity index is 1.51. The smallest absolute Gasteiger partial charge is 0.243 e. The van der Waals surface area contributed by atoms with Crippen LogP contribution in [0.25, 0.3) is 16.7 Å². The molecule has 0 unspecified atom stereocenters. The number of sulfonamides is 1. The first-order chi connectivity index (χ1) is 18.9. The molecule has 39 heavy (non-hydrogen) atoms. The van der Waals surface area contributed by atoms with E-state index in [1.165, 1.54) is 4.31 Å². The first-order valence-corrected chi connectivity index (χ1v) is 15.8. The number of imidazole rings is 1. The Morgan fingerprint density at radius 1 is 1.00 bits per heavy atom. The van der Waals surface area contributed by atoms with Crippen LogP contribution < -0.4 is 10.1 Å². The van der Waals surface area contributed by atoms with Crippen molar-refractivity contribution in [2.75, 3.05) is 25.5 Å². The molecule has 0 saturated carbocycles. The number of aromatic nitrogens is 3. The molecule has 0 saturated heterocycles. The van der Waals surface area contributed by atoms with Crippen LogP contribution in [-0.4, -0.2) is 47.5 Å². The summed E-state index contributed by atoms with van der Waals surface area (Å²) in [6.45, 7) is 4.48. The monoisotopic (exact) mass is 579 g/mol. The molecule has 0 fully saturated rings. The van der Waals surface area contributed by atoms with Gasteiger partial charge in [0.15, 0.2) is 10.3 Å². The molecule has 5 aromatic rings. The number of thiazole rings is 1. The van der Waals surface area contributed by atoms with E-state index < -0.39 is 10.0 Å². The number of para-hydroxylation sites is 3. The molecular weight excluding hydrogens is 551 g/mol. The zero-order valence-corrected chi connectivity index (χ0v) is 24.3. The molecule has 3 aromatic carbocycles. The van der Waals surface area contributed by atoms with E-state index in [0.717, 1.165) is 32.9 Å². The molecule has 0 bridgehead atoms. The number of hydrogen-bond acceptors (Lipinski definition) is 8. The van der Waals surface area contributed by atoms with Crippen LogP contribution in [-0.2, 0) is 15.8 Å². The van der Waals surface area contributed by atoms with Crippen LogP contribution in [0, 0.1) is 0 Å². The number of rotatable bonds is 11. The normalized spacial score (nSPS) is 11.8. The van der Waals surface area contributed by atoms with Gasteiger partial charge in [-0.05, 0) is 42.5 Å². The van der Waals surface area contributed by atoms with E-state index in [2.05, 4.69) is 5.32 Å². The minimum Gasteiger partial charge on any atom is -0.495 e. The lowest BCUT2D eigenvalue weighted by Crippen LogP contribution is -2.30. The topological polar surface area (TPSA) is 89.4 Å². The van der Waals surface area contributed by atoms with Gasteiger partial charge in [0.1, 0.15) is 5.75 Å². The van der Waals surface area contributed by atoms with Crippen molar-refractivity contribution in [3.8, 4) is 11.4 Å². The summed E-state index contributed by atoms with van der Waals surface area (Å²) < 4.78 is 35.5. The molecule has 0 radical (unpaired) electrons. The van der Waals surface area contributed by atoms with E-state index in [9.17, 15) is 8.42 Å². The summed E-state index contributed by atoms with van der Waals surface area (Å²) in [6, 6.07) is 22.8. The van der Waals surface area contributed by atoms with Gasteiger partial charge in [0.05, 0.1) is 34.4 Å². The Kier molecular flexibility index (Phi) is 8.22. The van der Waals surface area contributed by atoms with Crippen LogP contribution in [0.15, 0.2) is 88.2 Å². The molecule has 0 aliphatic carbocycles. The largest absolute Gasteiger partial charge is 0.495 e. The van der Waals surface area contributed by atoms with Crippen molar-refractivity contribution in [2.45, 2.75) is 29.7 Å². The molecule has 0 spiro atoms. The van der Waals surface area contributed by atoms with Crippen LogP contribution in [0.1, 0.15) is 19.5 Å². The van der Waals surface area contributed by atoms with E-state index in [-0.39, 0.29) is 4.90 Å². The van der Waals surface area contributed by atoms with E-state index in [0.29, 0.717) is 30.1 Å². The van der Waals surface area contributed by atoms with Gasteiger partial charge in [-0.2, -0.15) is 4.31 Å². The fraction of sp³-hybridized carbons (Fsp3) is 0.214. The molecule has 11 heteroatoms. The number of hydrogen-bond donors (Lipinski definition) is 1. The molecule has 2 aromatic heterocycles. The van der Waals surface area contributed by atoms with E-state index in [4.69, 9.17) is 14.7 Å². The molecule has 0 amide bonds. The van der Waals surface area contributed by atoms with E-state index >= 15 is 0 Å². The van der Waals surface area contributed by atoms with Crippen molar-refractivity contribution in [3.05, 3.63) is 83.9 Å². The first kappa shape index (κ1) is 27.2. The van der Waals surface area contributed by atoms with Gasteiger partial charge in [-0.3, -0.25) is 4.57 Å². The molecule has 0 aliphatic heterocycles. The number of anilines is 2. The van der Waals surface area contributed by atoms with Crippen LogP contribution in [0.4, 0.5) is 10.8 Å². The van der Waals surface area contributed by atoms with Crippen molar-refractivity contribution in [1.82, 2.24) is 18.8 Å². The van der Waals surface area contributed by atoms with Gasteiger partial charge in [0.25, 0.3) is 0 Å². The summed E-state index contributed by atoms with van der Waals surface area (Å²) in [7, 11) is -1.98. The summed E-state index contributed by atoms with van der Waals surface area (Å²) in [5, 5.41) is 6.91. The fourth-order valence-electron chi connectivity index (χ4n) is 4.27. The molecule has 2 heterocycles. The Hall–Kier alpha value is -3.38. The third-order valence-electron chi connectivity index (χ3n) is 6.19. The van der Waals surface area contributed by atoms with Gasteiger partial charge < -0.3 is 10.1 Å². The lowest BCUT2D eigenvalue weighted by Gasteiger charge is -2.18. The van der Waals surface area contributed by atoms with Gasteiger partial charge in [-0.25, -0.2) is 18.4 Å². The second-order valence-corrected chi connectivity index (χ2v) is 12.3. The third-order valence-corrected chi connectivity index (χ3v) is 10.0. The van der Waals surface area contributed by atoms with Crippen LogP contribution >= 0.6 is 23.1 Å². The number of benzene rings is 3. The number of nitrogens with one attached hydrogen (secondary N) is 1. The highest BCUT2D eigenvalue weighted by molar-refractivity contribution is 7.98. The number of methoxy groups -OCH3 is 1. The minimum absolute atomic E-state index is 0.232. The maximum atomic E-state index is 13.2. The molecule has 8 nitrogen and oxygen atoms in total. The van der Waals surface area contributed by atoms with Crippen molar-refractivity contribution < 1.29 is 13.2 Å². The number of thioether (sulfide) groups is 1. The third kappa shape index (κ3) is 5.67. The average Bonchev–Trinajstić information content (AvgIpc) is 3.56. The molecule has 0 aliphatic rings. The highest BCUT2D eigenvalue weighted by atomic mass is 32.2. The quantitative estimate of drug-likeness (QED) is 0.177. The Morgan fingerprint density at radius 3 is 2.49 bits per heavy atom. The Labute approximate surface area is 236 Å². The summed E-state index contributed by atoms with van der Waals surface area (Å²) >= 11 is 3.09.